The molecule has 0 aliphatic heterocycles. The molecule has 0 rings (SSSR count). The average molecular weight is 176 g/mol. The van der Waals surface area contributed by atoms with Gasteiger partial charge in [0.1, 0.15) is 0 Å². The zero-order chi connectivity index (χ0) is 8.20. The molecule has 0 atom stereocenters. The molecule has 0 aromatic heterocycles. The van der Waals surface area contributed by atoms with Crippen molar-refractivity contribution in [3.8, 4) is 0 Å². The van der Waals surface area contributed by atoms with Gasteiger partial charge in [0.25, 0.3) is 0 Å². The van der Waals surface area contributed by atoms with Crippen LogP contribution in [0.3, 0.4) is 0 Å². The second kappa shape index (κ2) is 4.31. The van der Waals surface area contributed by atoms with Crippen molar-refractivity contribution in [2.24, 2.45) is 0 Å². The number of rotatable bonds is 4. The average Bonchev–Trinajstić information content (AvgIpc) is 1.85. The van der Waals surface area contributed by atoms with Crippen LogP contribution in [0.25, 0.3) is 0 Å². The Balaban J connectivity index is 3.46. The van der Waals surface area contributed by atoms with Crippen LogP contribution >= 0.6 is 0 Å². The largest absolute Gasteiger partial charge is 0.420 e. The Morgan fingerprint density at radius 1 is 1.30 bits per heavy atom. The Morgan fingerprint density at radius 3 is 2.10 bits per heavy atom. The molecule has 0 aromatic carbocycles. The summed E-state index contributed by atoms with van der Waals surface area (Å²) in [5, 5.41) is 0. The molecule has 62 valence electrons. The summed E-state index contributed by atoms with van der Waals surface area (Å²) in [6.07, 6.45) is 0. The Hall–Kier alpha value is 0.394. The predicted octanol–water partition coefficient (Wildman–Crippen LogP) is 2.32. The van der Waals surface area contributed by atoms with E-state index in [0.29, 0.717) is 0 Å². The van der Waals surface area contributed by atoms with Gasteiger partial charge in [0.05, 0.1) is 0 Å². The summed E-state index contributed by atoms with van der Waals surface area (Å²) in [4.78, 5) is 0. The van der Waals surface area contributed by atoms with Gasteiger partial charge in [0.15, 0.2) is 8.32 Å². The highest BCUT2D eigenvalue weighted by Gasteiger charge is 2.20. The standard InChI is InChI=1S/C7H20OSi2/c1-8-10(4,5)7-6-9(2)3/h9H,6-7H2,1-5H3. The maximum Gasteiger partial charge on any atom is 0.185 e. The van der Waals surface area contributed by atoms with Crippen molar-refractivity contribution in [3.63, 3.8) is 0 Å². The molecule has 1 nitrogen and oxygen atoms in total. The fourth-order valence-electron chi connectivity index (χ4n) is 0.738. The van der Waals surface area contributed by atoms with Gasteiger partial charge in [-0.15, -0.1) is 0 Å². The second-order valence-corrected chi connectivity index (χ2v) is 11.7. The van der Waals surface area contributed by atoms with E-state index in [1.54, 1.807) is 0 Å². The van der Waals surface area contributed by atoms with Crippen LogP contribution in [0.15, 0.2) is 0 Å². The van der Waals surface area contributed by atoms with E-state index in [0.717, 1.165) is 0 Å². The van der Waals surface area contributed by atoms with Gasteiger partial charge in [-0.2, -0.15) is 0 Å². The van der Waals surface area contributed by atoms with E-state index < -0.39 is 8.32 Å². The molecule has 0 bridgehead atoms. The van der Waals surface area contributed by atoms with E-state index in [1.807, 2.05) is 7.11 Å². The Kier molecular flexibility index (Phi) is 4.48. The van der Waals surface area contributed by atoms with Gasteiger partial charge in [-0.05, 0) is 19.1 Å². The summed E-state index contributed by atoms with van der Waals surface area (Å²) in [5.41, 5.74) is 0. The maximum atomic E-state index is 5.45. The van der Waals surface area contributed by atoms with Gasteiger partial charge in [-0.3, -0.25) is 0 Å². The monoisotopic (exact) mass is 176 g/mol. The van der Waals surface area contributed by atoms with E-state index in [-0.39, 0.29) is 8.80 Å². The molecule has 0 saturated heterocycles. The van der Waals surface area contributed by atoms with Gasteiger partial charge >= 0.3 is 0 Å². The lowest BCUT2D eigenvalue weighted by Crippen LogP contribution is -2.29. The third kappa shape index (κ3) is 5.20. The minimum atomic E-state index is -1.21. The molecule has 0 N–H and O–H groups in total. The van der Waals surface area contributed by atoms with Gasteiger partial charge in [0, 0.05) is 15.9 Å². The van der Waals surface area contributed by atoms with Crippen molar-refractivity contribution in [2.75, 3.05) is 7.11 Å². The molecule has 0 spiro atoms. The highest BCUT2D eigenvalue weighted by atomic mass is 28.4. The first-order valence-electron chi connectivity index (χ1n) is 4.03. The van der Waals surface area contributed by atoms with Crippen molar-refractivity contribution >= 4 is 17.1 Å². The quantitative estimate of drug-likeness (QED) is 0.597. The van der Waals surface area contributed by atoms with Crippen LogP contribution in [0, 0.1) is 0 Å². The molecule has 0 heterocycles. The van der Waals surface area contributed by atoms with Crippen LogP contribution in [-0.2, 0) is 4.43 Å². The van der Waals surface area contributed by atoms with E-state index in [1.165, 1.54) is 12.1 Å². The first-order chi connectivity index (χ1) is 4.48. The normalized spacial score (nSPS) is 12.6. The Labute approximate surface area is 67.5 Å². The fourth-order valence-corrected chi connectivity index (χ4v) is 6.03. The van der Waals surface area contributed by atoms with Crippen molar-refractivity contribution in [1.82, 2.24) is 0 Å². The zero-order valence-corrected chi connectivity index (χ0v) is 10.1. The second-order valence-electron chi connectivity index (χ2n) is 3.90. The molecule has 0 radical (unpaired) electrons. The summed E-state index contributed by atoms with van der Waals surface area (Å²) in [5.74, 6) is 0. The van der Waals surface area contributed by atoms with Crippen LogP contribution in [0.5, 0.6) is 0 Å². The summed E-state index contributed by atoms with van der Waals surface area (Å²) in [7, 11) is 0.320. The topological polar surface area (TPSA) is 9.23 Å². The smallest absolute Gasteiger partial charge is 0.185 e. The lowest BCUT2D eigenvalue weighted by atomic mass is 10.9. The SMILES string of the molecule is CO[Si](C)(C)CC[SiH](C)C. The third-order valence-electron chi connectivity index (χ3n) is 1.88. The van der Waals surface area contributed by atoms with Crippen molar-refractivity contribution in [3.05, 3.63) is 0 Å². The molecule has 3 heteroatoms. The summed E-state index contributed by atoms with van der Waals surface area (Å²) in [6.45, 7) is 9.40. The molecule has 0 saturated carbocycles. The zero-order valence-electron chi connectivity index (χ0n) is 7.90. The molecular weight excluding hydrogens is 156 g/mol. The maximum absolute atomic E-state index is 5.45. The van der Waals surface area contributed by atoms with Crippen molar-refractivity contribution < 1.29 is 4.43 Å². The minimum Gasteiger partial charge on any atom is -0.420 e. The molecule has 0 amide bonds. The van der Waals surface area contributed by atoms with Crippen LogP contribution in [-0.4, -0.2) is 24.2 Å². The molecule has 0 aliphatic rings. The van der Waals surface area contributed by atoms with Crippen molar-refractivity contribution in [2.45, 2.75) is 38.3 Å². The number of hydrogen-bond acceptors (Lipinski definition) is 1. The molecule has 0 aromatic rings. The van der Waals surface area contributed by atoms with Crippen molar-refractivity contribution in [1.29, 1.82) is 0 Å². The van der Waals surface area contributed by atoms with Crippen LogP contribution in [0.4, 0.5) is 0 Å². The molecule has 10 heavy (non-hydrogen) atoms. The van der Waals surface area contributed by atoms with Gasteiger partial charge < -0.3 is 4.43 Å². The van der Waals surface area contributed by atoms with Gasteiger partial charge in [0.2, 0.25) is 0 Å². The van der Waals surface area contributed by atoms with Crippen LogP contribution in [0.1, 0.15) is 0 Å². The Morgan fingerprint density at radius 2 is 1.80 bits per heavy atom. The first kappa shape index (κ1) is 10.4. The lowest BCUT2D eigenvalue weighted by molar-refractivity contribution is 0.405. The van der Waals surface area contributed by atoms with E-state index in [4.69, 9.17) is 4.43 Å². The Bertz CT molecular complexity index is 91.6. The highest BCUT2D eigenvalue weighted by Crippen LogP contribution is 2.14. The van der Waals surface area contributed by atoms with Gasteiger partial charge in [-0.1, -0.05) is 19.1 Å². The number of hydrogen-bond donors (Lipinski definition) is 0. The van der Waals surface area contributed by atoms with Crippen LogP contribution in [0.2, 0.25) is 38.3 Å². The molecule has 0 fully saturated rings. The molecule has 0 aliphatic carbocycles. The van der Waals surface area contributed by atoms with Gasteiger partial charge in [-0.25, -0.2) is 0 Å². The highest BCUT2D eigenvalue weighted by molar-refractivity contribution is 6.72. The van der Waals surface area contributed by atoms with E-state index >= 15 is 0 Å². The molecule has 0 unspecified atom stereocenters. The summed E-state index contributed by atoms with van der Waals surface area (Å²) < 4.78 is 5.45. The summed E-state index contributed by atoms with van der Waals surface area (Å²) in [6, 6.07) is 2.81. The fraction of sp³-hybridized carbons (Fsp3) is 1.00. The first-order valence-corrected chi connectivity index (χ1v) is 10.3. The van der Waals surface area contributed by atoms with Crippen LogP contribution < -0.4 is 0 Å². The third-order valence-corrected chi connectivity index (χ3v) is 6.50. The lowest BCUT2D eigenvalue weighted by Gasteiger charge is -2.20. The summed E-state index contributed by atoms with van der Waals surface area (Å²) >= 11 is 0. The minimum absolute atomic E-state index is 0.330. The molecular formula is C7H20OSi2. The predicted molar refractivity (Wildman–Crippen MR) is 53.0 cm³/mol. The van der Waals surface area contributed by atoms with E-state index in [2.05, 4.69) is 26.2 Å². The van der Waals surface area contributed by atoms with E-state index in [9.17, 15) is 0 Å².